The Hall–Kier alpha value is -4.06. The third kappa shape index (κ3) is 6.83. The van der Waals surface area contributed by atoms with Crippen LogP contribution in [0.1, 0.15) is 61.9 Å². The van der Waals surface area contributed by atoms with Crippen molar-refractivity contribution in [3.63, 3.8) is 0 Å². The molecule has 2 atom stereocenters. The number of aromatic nitrogens is 2. The van der Waals surface area contributed by atoms with E-state index in [1.807, 2.05) is 44.2 Å². The molecule has 0 radical (unpaired) electrons. The quantitative estimate of drug-likeness (QED) is 0.0394. The smallest absolute Gasteiger partial charge is 0.301 e. The van der Waals surface area contributed by atoms with Crippen LogP contribution in [-0.4, -0.2) is 46.3 Å². The van der Waals surface area contributed by atoms with Crippen molar-refractivity contribution in [1.82, 2.24) is 10.2 Å². The average Bonchev–Trinajstić information content (AvgIpc) is 3.76. The Balaban J connectivity index is 1.42. The zero-order chi connectivity index (χ0) is 33.1. The van der Waals surface area contributed by atoms with E-state index in [-0.39, 0.29) is 22.6 Å². The van der Waals surface area contributed by atoms with E-state index >= 15 is 0 Å². The maximum absolute atomic E-state index is 13.8. The van der Waals surface area contributed by atoms with Gasteiger partial charge in [-0.1, -0.05) is 72.3 Å². The minimum atomic E-state index is -1.00. The first kappa shape index (κ1) is 32.9. The summed E-state index contributed by atoms with van der Waals surface area (Å²) in [5.41, 5.74) is 2.78. The number of hydrogen-bond donors (Lipinski definition) is 1. The molecule has 1 N–H and O–H groups in total. The summed E-state index contributed by atoms with van der Waals surface area (Å²) in [6, 6.07) is 17.1. The molecule has 4 aromatic rings. The lowest BCUT2D eigenvalue weighted by Crippen LogP contribution is -2.29. The van der Waals surface area contributed by atoms with Crippen molar-refractivity contribution >= 4 is 57.3 Å². The number of Topliss-reactive ketones (excluding diaryl/α,β-unsaturated/α-hetero) is 1. The van der Waals surface area contributed by atoms with E-state index in [4.69, 9.17) is 25.8 Å². The maximum Gasteiger partial charge on any atom is 0.301 e. The van der Waals surface area contributed by atoms with Crippen molar-refractivity contribution in [2.45, 2.75) is 62.3 Å². The van der Waals surface area contributed by atoms with E-state index in [0.29, 0.717) is 57.4 Å². The number of carbonyl (C=O) groups is 2. The van der Waals surface area contributed by atoms with Crippen molar-refractivity contribution in [2.75, 3.05) is 18.1 Å². The van der Waals surface area contributed by atoms with Crippen molar-refractivity contribution in [1.29, 1.82) is 0 Å². The molecule has 6 rings (SSSR count). The van der Waals surface area contributed by atoms with Gasteiger partial charge in [-0.25, -0.2) is 0 Å². The SMILES string of the molecule is CCCCOc1ccc([C@H]2C(=C(O)c3ccc4c(c3)C[C@H](C)O4)C(=O)C(=O)N2c2nnc(SCc3ccccc3Cl)s2)cc1OCC. The fourth-order valence-corrected chi connectivity index (χ4v) is 7.75. The minimum absolute atomic E-state index is 0.00501. The maximum atomic E-state index is 13.8. The molecule has 244 valence electrons. The lowest BCUT2D eigenvalue weighted by atomic mass is 9.94. The predicted molar refractivity (Wildman–Crippen MR) is 184 cm³/mol. The number of fused-ring (bicyclic) bond motifs is 1. The van der Waals surface area contributed by atoms with E-state index < -0.39 is 17.7 Å². The second-order valence-electron chi connectivity index (χ2n) is 11.2. The molecule has 0 aliphatic carbocycles. The molecule has 12 heteroatoms. The number of rotatable bonds is 12. The van der Waals surface area contributed by atoms with Gasteiger partial charge in [-0.15, -0.1) is 10.2 Å². The minimum Gasteiger partial charge on any atom is -0.507 e. The van der Waals surface area contributed by atoms with Crippen LogP contribution in [0.25, 0.3) is 5.76 Å². The lowest BCUT2D eigenvalue weighted by Gasteiger charge is -2.23. The molecule has 1 amide bonds. The van der Waals surface area contributed by atoms with Gasteiger partial charge < -0.3 is 19.3 Å². The Morgan fingerprint density at radius 2 is 1.91 bits per heavy atom. The highest BCUT2D eigenvalue weighted by Gasteiger charge is 2.48. The third-order valence-electron chi connectivity index (χ3n) is 7.86. The van der Waals surface area contributed by atoms with Crippen molar-refractivity contribution in [2.24, 2.45) is 0 Å². The van der Waals surface area contributed by atoms with E-state index in [2.05, 4.69) is 17.1 Å². The van der Waals surface area contributed by atoms with Crippen LogP contribution in [0.5, 0.6) is 17.2 Å². The van der Waals surface area contributed by atoms with Crippen molar-refractivity contribution in [3.8, 4) is 17.2 Å². The molecule has 2 aliphatic heterocycles. The van der Waals surface area contributed by atoms with Gasteiger partial charge in [0.25, 0.3) is 5.78 Å². The van der Waals surface area contributed by atoms with Gasteiger partial charge in [0.15, 0.2) is 15.8 Å². The molecule has 0 spiro atoms. The molecule has 1 aromatic heterocycles. The van der Waals surface area contributed by atoms with Crippen LogP contribution in [0.3, 0.4) is 0 Å². The number of aliphatic hydroxyl groups excluding tert-OH is 1. The first-order valence-electron chi connectivity index (χ1n) is 15.5. The predicted octanol–water partition coefficient (Wildman–Crippen LogP) is 8.01. The number of unbranched alkanes of at least 4 members (excludes halogenated alkanes) is 1. The molecule has 0 saturated carbocycles. The molecular formula is C35H34ClN3O6S2. The van der Waals surface area contributed by atoms with Crippen LogP contribution in [0.2, 0.25) is 5.02 Å². The summed E-state index contributed by atoms with van der Waals surface area (Å²) in [5.74, 6) is 0.411. The molecule has 1 fully saturated rings. The fraction of sp³-hybridized carbons (Fsp3) is 0.314. The van der Waals surface area contributed by atoms with Crippen LogP contribution in [0.15, 0.2) is 70.6 Å². The molecule has 1 saturated heterocycles. The summed E-state index contributed by atoms with van der Waals surface area (Å²) in [4.78, 5) is 29.0. The highest BCUT2D eigenvalue weighted by atomic mass is 35.5. The lowest BCUT2D eigenvalue weighted by molar-refractivity contribution is -0.132. The van der Waals surface area contributed by atoms with Gasteiger partial charge in [0, 0.05) is 22.8 Å². The summed E-state index contributed by atoms with van der Waals surface area (Å²) in [6.45, 7) is 6.83. The number of thioether (sulfide) groups is 1. The van der Waals surface area contributed by atoms with Gasteiger partial charge in [0.2, 0.25) is 5.13 Å². The van der Waals surface area contributed by atoms with Crippen LogP contribution in [-0.2, 0) is 21.8 Å². The number of anilines is 1. The monoisotopic (exact) mass is 691 g/mol. The fourth-order valence-electron chi connectivity index (χ4n) is 5.59. The Morgan fingerprint density at radius 1 is 1.09 bits per heavy atom. The number of halogens is 1. The summed E-state index contributed by atoms with van der Waals surface area (Å²) in [7, 11) is 0. The molecule has 47 heavy (non-hydrogen) atoms. The third-order valence-corrected chi connectivity index (χ3v) is 10.3. The first-order chi connectivity index (χ1) is 22.8. The Kier molecular flexibility index (Phi) is 10.0. The van der Waals surface area contributed by atoms with Gasteiger partial charge >= 0.3 is 5.91 Å². The van der Waals surface area contributed by atoms with Crippen LogP contribution >= 0.6 is 34.7 Å². The van der Waals surface area contributed by atoms with Gasteiger partial charge in [-0.2, -0.15) is 0 Å². The molecule has 0 unspecified atom stereocenters. The number of nitrogens with zero attached hydrogens (tertiary/aromatic N) is 3. The summed E-state index contributed by atoms with van der Waals surface area (Å²) in [5, 5.41) is 21.3. The van der Waals surface area contributed by atoms with Crippen LogP contribution in [0, 0.1) is 0 Å². The zero-order valence-corrected chi connectivity index (χ0v) is 28.6. The second kappa shape index (κ2) is 14.4. The normalized spacial score (nSPS) is 18.3. The molecule has 3 aromatic carbocycles. The van der Waals surface area contributed by atoms with Gasteiger partial charge in [-0.05, 0) is 73.4 Å². The van der Waals surface area contributed by atoms with E-state index in [1.54, 1.807) is 30.3 Å². The van der Waals surface area contributed by atoms with E-state index in [9.17, 15) is 14.7 Å². The number of carbonyl (C=O) groups excluding carboxylic acids is 2. The molecule has 9 nitrogen and oxygen atoms in total. The Labute approximate surface area is 286 Å². The second-order valence-corrected chi connectivity index (χ2v) is 13.8. The zero-order valence-electron chi connectivity index (χ0n) is 26.2. The summed E-state index contributed by atoms with van der Waals surface area (Å²) >= 11 is 8.97. The van der Waals surface area contributed by atoms with Crippen molar-refractivity contribution in [3.05, 3.63) is 93.5 Å². The number of hydrogen-bond acceptors (Lipinski definition) is 10. The summed E-state index contributed by atoms with van der Waals surface area (Å²) < 4.78 is 18.4. The highest BCUT2D eigenvalue weighted by Crippen LogP contribution is 2.46. The first-order valence-corrected chi connectivity index (χ1v) is 17.7. The standard InChI is InChI=1S/C35H34ClN3O6S2/c1-4-6-15-44-27-14-11-21(18-28(27)43-5-2)30-29(31(40)22-12-13-26-24(17-22)16-20(3)45-26)32(41)33(42)39(30)34-37-38-35(47-34)46-19-23-9-7-8-10-25(23)36/h7-14,17-18,20,30,40H,4-6,15-16,19H2,1-3H3/t20-,30-/m0/s1. The Bertz CT molecular complexity index is 1840. The van der Waals surface area contributed by atoms with Crippen molar-refractivity contribution < 1.29 is 28.9 Å². The van der Waals surface area contributed by atoms with Gasteiger partial charge in [0.05, 0.1) is 24.8 Å². The summed E-state index contributed by atoms with van der Waals surface area (Å²) in [6.07, 6.45) is 2.53. The molecule has 2 aliphatic rings. The van der Waals surface area contributed by atoms with E-state index in [1.165, 1.54) is 28.0 Å². The Morgan fingerprint density at radius 3 is 2.70 bits per heavy atom. The molecular weight excluding hydrogens is 658 g/mol. The van der Waals surface area contributed by atoms with Gasteiger partial charge in [-0.3, -0.25) is 14.5 Å². The largest absolute Gasteiger partial charge is 0.507 e. The number of aliphatic hydroxyl groups is 1. The number of ether oxygens (including phenoxy) is 3. The van der Waals surface area contributed by atoms with E-state index in [0.717, 1.165) is 29.7 Å². The topological polar surface area (TPSA) is 111 Å². The van der Waals surface area contributed by atoms with Crippen LogP contribution in [0.4, 0.5) is 5.13 Å². The number of amides is 1. The molecule has 3 heterocycles. The number of ketones is 1. The highest BCUT2D eigenvalue weighted by molar-refractivity contribution is 8.00. The number of benzene rings is 3. The van der Waals surface area contributed by atoms with Gasteiger partial charge in [0.1, 0.15) is 17.6 Å². The molecule has 0 bridgehead atoms. The van der Waals surface area contributed by atoms with Crippen LogP contribution < -0.4 is 19.1 Å². The average molecular weight is 692 g/mol.